The van der Waals surface area contributed by atoms with E-state index in [1.165, 1.54) is 33.6 Å². The summed E-state index contributed by atoms with van der Waals surface area (Å²) in [6.45, 7) is 2.37. The molecule has 1 aromatic carbocycles. The van der Waals surface area contributed by atoms with Gasteiger partial charge in [0.1, 0.15) is 5.69 Å². The Morgan fingerprint density at radius 3 is 1.95 bits per heavy atom. The Bertz CT molecular complexity index is 1460. The SMILES string of the molecule is CC(=O)N(C[C@@H](C)CNC(=O)C(F)F)c1cc(F)c(N2CCn3c(=O)c4nccnc4c(=O)n3CC2)c(F)c1. The van der Waals surface area contributed by atoms with Crippen molar-refractivity contribution in [1.82, 2.24) is 24.6 Å². The van der Waals surface area contributed by atoms with E-state index >= 15 is 8.78 Å². The second-order valence-electron chi connectivity index (χ2n) is 9.14. The first kappa shape index (κ1) is 27.7. The van der Waals surface area contributed by atoms with E-state index in [2.05, 4.69) is 9.97 Å². The quantitative estimate of drug-likeness (QED) is 0.437. The number of alkyl halides is 2. The molecule has 0 radical (unpaired) electrons. The maximum absolute atomic E-state index is 15.3. The Kier molecular flexibility index (Phi) is 7.97. The first-order chi connectivity index (χ1) is 18.5. The lowest BCUT2D eigenvalue weighted by atomic mass is 10.1. The number of nitrogens with zero attached hydrogens (tertiary/aromatic N) is 6. The molecule has 1 atom stereocenters. The minimum absolute atomic E-state index is 0.00437. The zero-order valence-corrected chi connectivity index (χ0v) is 21.0. The van der Waals surface area contributed by atoms with Gasteiger partial charge in [0.2, 0.25) is 5.91 Å². The summed E-state index contributed by atoms with van der Waals surface area (Å²) in [4.78, 5) is 59.5. The van der Waals surface area contributed by atoms with Crippen molar-refractivity contribution >= 4 is 34.2 Å². The lowest BCUT2D eigenvalue weighted by Gasteiger charge is -2.27. The molecule has 15 heteroatoms. The van der Waals surface area contributed by atoms with Gasteiger partial charge in [-0.3, -0.25) is 19.2 Å². The largest absolute Gasteiger partial charge is 0.363 e. The predicted octanol–water partition coefficient (Wildman–Crippen LogP) is 1.12. The highest BCUT2D eigenvalue weighted by atomic mass is 19.3. The first-order valence-corrected chi connectivity index (χ1v) is 12.0. The molecule has 1 N–H and O–H groups in total. The summed E-state index contributed by atoms with van der Waals surface area (Å²) in [7, 11) is 0. The van der Waals surface area contributed by atoms with E-state index in [-0.39, 0.29) is 56.0 Å². The summed E-state index contributed by atoms with van der Waals surface area (Å²) in [5.41, 5.74) is -1.78. The van der Waals surface area contributed by atoms with Crippen molar-refractivity contribution < 1.29 is 27.2 Å². The number of hydrogen-bond acceptors (Lipinski definition) is 7. The van der Waals surface area contributed by atoms with Crippen LogP contribution in [0.1, 0.15) is 13.8 Å². The van der Waals surface area contributed by atoms with E-state index in [1.807, 2.05) is 5.32 Å². The van der Waals surface area contributed by atoms with Crippen molar-refractivity contribution in [3.63, 3.8) is 0 Å². The van der Waals surface area contributed by atoms with Crippen molar-refractivity contribution in [1.29, 1.82) is 0 Å². The number of hydrogen-bond donors (Lipinski definition) is 1. The van der Waals surface area contributed by atoms with Crippen molar-refractivity contribution in [2.75, 3.05) is 36.0 Å². The van der Waals surface area contributed by atoms with Gasteiger partial charge < -0.3 is 15.1 Å². The third-order valence-electron chi connectivity index (χ3n) is 6.35. The molecular weight excluding hydrogens is 526 g/mol. The Morgan fingerprint density at radius 1 is 0.974 bits per heavy atom. The number of anilines is 2. The number of halogens is 4. The summed E-state index contributed by atoms with van der Waals surface area (Å²) in [6.07, 6.45) is -0.602. The van der Waals surface area contributed by atoms with Gasteiger partial charge in [-0.25, -0.2) is 28.1 Å². The highest BCUT2D eigenvalue weighted by molar-refractivity contribution is 5.91. The summed E-state index contributed by atoms with van der Waals surface area (Å²) in [6, 6.07) is 1.95. The Morgan fingerprint density at radius 2 is 1.49 bits per heavy atom. The molecule has 11 nitrogen and oxygen atoms in total. The molecule has 208 valence electrons. The Labute approximate surface area is 218 Å². The molecule has 39 heavy (non-hydrogen) atoms. The van der Waals surface area contributed by atoms with E-state index in [1.54, 1.807) is 6.92 Å². The minimum atomic E-state index is -3.19. The number of benzene rings is 1. The van der Waals surface area contributed by atoms with Gasteiger partial charge in [0.05, 0.1) is 13.1 Å². The standard InChI is InChI=1S/C24H25F4N7O4/c1-13(11-31-22(37)21(27)28)12-33(14(2)36)15-9-16(25)20(17(26)10-15)32-5-7-34-23(38)18-19(30-4-3-29-18)24(39)35(34)8-6-32/h3-4,9-10,13,21H,5-8,11-12H2,1-2H3,(H,31,37)/t13-/m0/s1. The van der Waals surface area contributed by atoms with Gasteiger partial charge in [-0.05, 0) is 18.1 Å². The fraction of sp³-hybridized carbons (Fsp3) is 0.417. The molecule has 0 fully saturated rings. The van der Waals surface area contributed by atoms with Crippen LogP contribution in [0.25, 0.3) is 11.0 Å². The van der Waals surface area contributed by atoms with Crippen molar-refractivity contribution in [3.8, 4) is 0 Å². The molecule has 0 aliphatic carbocycles. The Hall–Kier alpha value is -4.30. The monoisotopic (exact) mass is 551 g/mol. The zero-order valence-electron chi connectivity index (χ0n) is 21.0. The number of carbonyl (C=O) groups excluding carboxylic acids is 2. The van der Waals surface area contributed by atoms with Crippen LogP contribution < -0.4 is 26.2 Å². The smallest absolute Gasteiger partial charge is 0.315 e. The van der Waals surface area contributed by atoms with Gasteiger partial charge in [-0.15, -0.1) is 0 Å². The van der Waals surface area contributed by atoms with Crippen molar-refractivity contribution in [2.45, 2.75) is 33.4 Å². The van der Waals surface area contributed by atoms with Crippen LogP contribution >= 0.6 is 0 Å². The molecule has 2 aromatic heterocycles. The Balaban J connectivity index is 1.57. The average molecular weight is 552 g/mol. The lowest BCUT2D eigenvalue weighted by Crippen LogP contribution is -2.39. The second kappa shape index (κ2) is 11.2. The van der Waals surface area contributed by atoms with Crippen LogP contribution in [-0.4, -0.2) is 63.8 Å². The number of fused-ring (bicyclic) bond motifs is 2. The van der Waals surface area contributed by atoms with Gasteiger partial charge in [0.25, 0.3) is 17.0 Å². The molecule has 3 heterocycles. The van der Waals surface area contributed by atoms with Gasteiger partial charge >= 0.3 is 6.43 Å². The van der Waals surface area contributed by atoms with E-state index in [0.717, 1.165) is 17.0 Å². The number of nitrogens with one attached hydrogen (secondary N) is 1. The van der Waals surface area contributed by atoms with Gasteiger partial charge in [0, 0.05) is 51.2 Å². The predicted molar refractivity (Wildman–Crippen MR) is 133 cm³/mol. The number of amides is 2. The zero-order chi connectivity index (χ0) is 28.4. The molecule has 0 saturated carbocycles. The molecule has 0 saturated heterocycles. The summed E-state index contributed by atoms with van der Waals surface area (Å²) < 4.78 is 57.8. The fourth-order valence-electron chi connectivity index (χ4n) is 4.48. The van der Waals surface area contributed by atoms with Crippen LogP contribution in [0, 0.1) is 17.6 Å². The van der Waals surface area contributed by atoms with Crippen molar-refractivity contribution in [3.05, 3.63) is 56.9 Å². The fourth-order valence-corrected chi connectivity index (χ4v) is 4.48. The third kappa shape index (κ3) is 5.61. The van der Waals surface area contributed by atoms with Crippen LogP contribution in [-0.2, 0) is 22.7 Å². The average Bonchev–Trinajstić information content (AvgIpc) is 3.11. The van der Waals surface area contributed by atoms with Gasteiger partial charge in [-0.2, -0.15) is 8.78 Å². The van der Waals surface area contributed by atoms with Crippen LogP contribution in [0.2, 0.25) is 0 Å². The van der Waals surface area contributed by atoms with Gasteiger partial charge in [-0.1, -0.05) is 6.92 Å². The van der Waals surface area contributed by atoms with Crippen LogP contribution in [0.5, 0.6) is 0 Å². The first-order valence-electron chi connectivity index (χ1n) is 12.0. The maximum atomic E-state index is 15.3. The summed E-state index contributed by atoms with van der Waals surface area (Å²) in [5.74, 6) is -4.47. The van der Waals surface area contributed by atoms with E-state index < -0.39 is 52.6 Å². The summed E-state index contributed by atoms with van der Waals surface area (Å²) in [5, 5.41) is 2.05. The molecule has 1 aliphatic heterocycles. The molecule has 3 aromatic rings. The number of carbonyl (C=O) groups is 2. The van der Waals surface area contributed by atoms with Crippen LogP contribution in [0.3, 0.4) is 0 Å². The second-order valence-corrected chi connectivity index (χ2v) is 9.14. The topological polar surface area (TPSA) is 122 Å². The highest BCUT2D eigenvalue weighted by Crippen LogP contribution is 2.30. The molecule has 2 amide bonds. The van der Waals surface area contributed by atoms with E-state index in [4.69, 9.17) is 0 Å². The third-order valence-corrected chi connectivity index (χ3v) is 6.35. The molecule has 1 aliphatic rings. The lowest BCUT2D eigenvalue weighted by molar-refractivity contribution is -0.131. The van der Waals surface area contributed by atoms with Crippen LogP contribution in [0.15, 0.2) is 34.1 Å². The molecular formula is C24H25F4N7O4. The van der Waals surface area contributed by atoms with Crippen LogP contribution in [0.4, 0.5) is 28.9 Å². The number of rotatable bonds is 7. The summed E-state index contributed by atoms with van der Waals surface area (Å²) >= 11 is 0. The molecule has 0 unspecified atom stereocenters. The molecule has 0 spiro atoms. The van der Waals surface area contributed by atoms with E-state index in [9.17, 15) is 28.0 Å². The van der Waals surface area contributed by atoms with Gasteiger partial charge in [0.15, 0.2) is 22.7 Å². The van der Waals surface area contributed by atoms with E-state index in [0.29, 0.717) is 0 Å². The highest BCUT2D eigenvalue weighted by Gasteiger charge is 2.26. The van der Waals surface area contributed by atoms with Crippen molar-refractivity contribution in [2.24, 2.45) is 5.92 Å². The molecule has 0 bridgehead atoms. The molecule has 4 rings (SSSR count). The maximum Gasteiger partial charge on any atom is 0.315 e. The minimum Gasteiger partial charge on any atom is -0.363 e. The normalized spacial score (nSPS) is 14.2. The number of aromatic nitrogens is 4.